The molecule has 0 unspecified atom stereocenters. The van der Waals surface area contributed by atoms with Gasteiger partial charge in [0.15, 0.2) is 0 Å². The second-order valence-corrected chi connectivity index (χ2v) is 2.81. The van der Waals surface area contributed by atoms with E-state index in [1.54, 1.807) is 6.92 Å². The Kier molecular flexibility index (Phi) is 3.87. The number of carbonyl (C=O) groups is 1. The summed E-state index contributed by atoms with van der Waals surface area (Å²) in [7, 11) is 0. The molecule has 1 amide bonds. The van der Waals surface area contributed by atoms with Gasteiger partial charge in [-0.15, -0.1) is 0 Å². The third-order valence-corrected chi connectivity index (χ3v) is 1.87. The zero-order valence-electron chi connectivity index (χ0n) is 7.38. The molecule has 12 heavy (non-hydrogen) atoms. The van der Waals surface area contributed by atoms with Crippen molar-refractivity contribution in [1.82, 2.24) is 10.6 Å². The molecule has 1 saturated heterocycles. The van der Waals surface area contributed by atoms with Gasteiger partial charge in [-0.1, -0.05) is 0 Å². The number of alkyl carbamates (subject to hydrolysis) is 1. The molecule has 0 aliphatic carbocycles. The molecular formula is C8H15N2O2. The van der Waals surface area contributed by atoms with Crippen LogP contribution >= 0.6 is 0 Å². The summed E-state index contributed by atoms with van der Waals surface area (Å²) in [4.78, 5) is 10.9. The average Bonchev–Trinajstić information content (AvgIpc) is 2.06. The van der Waals surface area contributed by atoms with Crippen molar-refractivity contribution in [3.63, 3.8) is 0 Å². The van der Waals surface area contributed by atoms with Crippen LogP contribution in [0, 0.1) is 0 Å². The fourth-order valence-corrected chi connectivity index (χ4v) is 1.23. The van der Waals surface area contributed by atoms with E-state index in [9.17, 15) is 4.79 Å². The van der Waals surface area contributed by atoms with Crippen molar-refractivity contribution in [1.29, 1.82) is 0 Å². The highest BCUT2D eigenvalue weighted by atomic mass is 16.5. The van der Waals surface area contributed by atoms with Crippen molar-refractivity contribution in [2.45, 2.75) is 25.8 Å². The fraction of sp³-hybridized carbons (Fsp3) is 0.875. The number of amides is 1. The van der Waals surface area contributed by atoms with Crippen LogP contribution < -0.4 is 10.6 Å². The van der Waals surface area contributed by atoms with Crippen molar-refractivity contribution in [3.05, 3.63) is 0 Å². The fourth-order valence-electron chi connectivity index (χ4n) is 1.23. The number of piperidine rings is 1. The van der Waals surface area contributed by atoms with E-state index in [1.165, 1.54) is 0 Å². The molecule has 1 aliphatic heterocycles. The maximum atomic E-state index is 10.9. The summed E-state index contributed by atoms with van der Waals surface area (Å²) in [5.41, 5.74) is 0. The molecule has 1 radical (unpaired) electrons. The number of carbonyl (C=O) groups excluding carboxylic acids is 1. The molecule has 69 valence electrons. The first-order valence-electron chi connectivity index (χ1n) is 4.39. The predicted octanol–water partition coefficient (Wildman–Crippen LogP) is 0.499. The van der Waals surface area contributed by atoms with Crippen LogP contribution in [0.3, 0.4) is 0 Å². The summed E-state index contributed by atoms with van der Waals surface area (Å²) in [6, 6.07) is 0.265. The Hall–Kier alpha value is -0.770. The third kappa shape index (κ3) is 3.09. The Labute approximate surface area is 72.7 Å². The number of hydrogen-bond acceptors (Lipinski definition) is 2. The van der Waals surface area contributed by atoms with Crippen molar-refractivity contribution >= 4 is 6.09 Å². The van der Waals surface area contributed by atoms with E-state index in [0.29, 0.717) is 6.61 Å². The predicted molar refractivity (Wildman–Crippen MR) is 45.0 cm³/mol. The van der Waals surface area contributed by atoms with E-state index in [1.807, 2.05) is 0 Å². The maximum absolute atomic E-state index is 10.9. The number of rotatable bonds is 2. The molecule has 1 heterocycles. The first-order chi connectivity index (χ1) is 5.83. The minimum Gasteiger partial charge on any atom is -0.450 e. The highest BCUT2D eigenvalue weighted by Gasteiger charge is 2.15. The summed E-state index contributed by atoms with van der Waals surface area (Å²) >= 11 is 0. The molecule has 1 aliphatic rings. The lowest BCUT2D eigenvalue weighted by molar-refractivity contribution is 0.145. The van der Waals surface area contributed by atoms with Crippen LogP contribution in [0.2, 0.25) is 0 Å². The van der Waals surface area contributed by atoms with Gasteiger partial charge in [0.25, 0.3) is 0 Å². The summed E-state index contributed by atoms with van der Waals surface area (Å²) in [5, 5.41) is 6.99. The molecule has 4 nitrogen and oxygen atoms in total. The van der Waals surface area contributed by atoms with E-state index in [4.69, 9.17) is 4.74 Å². The number of nitrogens with zero attached hydrogens (tertiary/aromatic N) is 1. The largest absolute Gasteiger partial charge is 0.450 e. The van der Waals surface area contributed by atoms with Crippen LogP contribution in [-0.4, -0.2) is 31.8 Å². The third-order valence-electron chi connectivity index (χ3n) is 1.87. The maximum Gasteiger partial charge on any atom is 0.407 e. The molecule has 0 saturated carbocycles. The quantitative estimate of drug-likeness (QED) is 0.657. The SMILES string of the molecule is CCOC(=O)NC1CC[N]CC1. The lowest BCUT2D eigenvalue weighted by atomic mass is 10.1. The van der Waals surface area contributed by atoms with E-state index in [-0.39, 0.29) is 12.1 Å². The number of hydrogen-bond donors (Lipinski definition) is 1. The molecule has 4 heteroatoms. The Bertz CT molecular complexity index is 144. The summed E-state index contributed by atoms with van der Waals surface area (Å²) in [6.07, 6.45) is 1.59. The van der Waals surface area contributed by atoms with Gasteiger partial charge < -0.3 is 10.1 Å². The zero-order valence-corrected chi connectivity index (χ0v) is 7.38. The van der Waals surface area contributed by atoms with Gasteiger partial charge in [-0.25, -0.2) is 10.1 Å². The molecule has 1 N–H and O–H groups in total. The van der Waals surface area contributed by atoms with Gasteiger partial charge >= 0.3 is 6.09 Å². The number of nitrogens with one attached hydrogen (secondary N) is 1. The summed E-state index contributed by atoms with van der Waals surface area (Å²) in [6.45, 7) is 3.95. The van der Waals surface area contributed by atoms with Gasteiger partial charge in [-0.3, -0.25) is 0 Å². The van der Waals surface area contributed by atoms with E-state index < -0.39 is 0 Å². The molecule has 0 aromatic heterocycles. The topological polar surface area (TPSA) is 52.4 Å². The highest BCUT2D eigenvalue weighted by molar-refractivity contribution is 5.67. The lowest BCUT2D eigenvalue weighted by Crippen LogP contribution is -2.41. The average molecular weight is 171 g/mol. The van der Waals surface area contributed by atoms with Crippen LogP contribution in [0.25, 0.3) is 0 Å². The van der Waals surface area contributed by atoms with Crippen molar-refractivity contribution in [2.24, 2.45) is 0 Å². The second kappa shape index (κ2) is 4.98. The molecule has 0 spiro atoms. The first-order valence-corrected chi connectivity index (χ1v) is 4.39. The molecule has 1 fully saturated rings. The van der Waals surface area contributed by atoms with E-state index >= 15 is 0 Å². The van der Waals surface area contributed by atoms with E-state index in [2.05, 4.69) is 10.6 Å². The standard InChI is InChI=1S/C8H15N2O2/c1-2-12-8(11)10-7-3-5-9-6-4-7/h7H,2-6H2,1H3,(H,10,11). The smallest absolute Gasteiger partial charge is 0.407 e. The number of ether oxygens (including phenoxy) is 1. The van der Waals surface area contributed by atoms with Gasteiger partial charge in [-0.2, -0.15) is 0 Å². The van der Waals surface area contributed by atoms with Crippen LogP contribution in [0.15, 0.2) is 0 Å². The lowest BCUT2D eigenvalue weighted by Gasteiger charge is -2.21. The normalized spacial score (nSPS) is 18.8. The molecule has 0 atom stereocenters. The summed E-state index contributed by atoms with van der Waals surface area (Å²) in [5.74, 6) is 0. The molecule has 1 rings (SSSR count). The highest BCUT2D eigenvalue weighted by Crippen LogP contribution is 2.02. The van der Waals surface area contributed by atoms with E-state index in [0.717, 1.165) is 25.9 Å². The first kappa shape index (κ1) is 9.32. The van der Waals surface area contributed by atoms with Gasteiger partial charge in [0.2, 0.25) is 0 Å². The van der Waals surface area contributed by atoms with Gasteiger partial charge in [0, 0.05) is 19.1 Å². The van der Waals surface area contributed by atoms with Crippen LogP contribution in [0.5, 0.6) is 0 Å². The second-order valence-electron chi connectivity index (χ2n) is 2.81. The molecule has 0 aromatic rings. The van der Waals surface area contributed by atoms with Gasteiger partial charge in [0.05, 0.1) is 6.61 Å². The minimum atomic E-state index is -0.301. The van der Waals surface area contributed by atoms with Gasteiger partial charge in [-0.05, 0) is 19.8 Å². The monoisotopic (exact) mass is 171 g/mol. The summed E-state index contributed by atoms with van der Waals surface area (Å²) < 4.78 is 4.76. The van der Waals surface area contributed by atoms with Gasteiger partial charge in [0.1, 0.15) is 0 Å². The van der Waals surface area contributed by atoms with Crippen molar-refractivity contribution in [2.75, 3.05) is 19.7 Å². The van der Waals surface area contributed by atoms with Crippen LogP contribution in [0.4, 0.5) is 4.79 Å². The Morgan fingerprint density at radius 3 is 2.83 bits per heavy atom. The van der Waals surface area contributed by atoms with Crippen LogP contribution in [0.1, 0.15) is 19.8 Å². The Balaban J connectivity index is 2.15. The van der Waals surface area contributed by atoms with Crippen molar-refractivity contribution in [3.8, 4) is 0 Å². The minimum absolute atomic E-state index is 0.265. The molecule has 0 bridgehead atoms. The zero-order chi connectivity index (χ0) is 8.81. The van der Waals surface area contributed by atoms with Crippen LogP contribution in [-0.2, 0) is 4.74 Å². The van der Waals surface area contributed by atoms with Crippen molar-refractivity contribution < 1.29 is 9.53 Å². The Morgan fingerprint density at radius 2 is 2.25 bits per heavy atom. The molecule has 0 aromatic carbocycles. The molecular weight excluding hydrogens is 156 g/mol. The Morgan fingerprint density at radius 1 is 1.58 bits per heavy atom.